The number of ether oxygens (including phenoxy) is 1. The maximum Gasteiger partial charge on any atom is 0.224 e. The van der Waals surface area contributed by atoms with Gasteiger partial charge in [0, 0.05) is 11.9 Å². The summed E-state index contributed by atoms with van der Waals surface area (Å²) in [6.07, 6.45) is 17.6. The minimum atomic E-state index is 0.0686. The van der Waals surface area contributed by atoms with Crippen molar-refractivity contribution >= 4 is 21.8 Å². The fraction of sp³-hybridized carbons (Fsp3) is 0.581. The van der Waals surface area contributed by atoms with Gasteiger partial charge in [-0.3, -0.25) is 4.79 Å². The van der Waals surface area contributed by atoms with E-state index in [-0.39, 0.29) is 5.91 Å². The van der Waals surface area contributed by atoms with E-state index in [2.05, 4.69) is 52.4 Å². The average molecular weight is 545 g/mol. The summed E-state index contributed by atoms with van der Waals surface area (Å²) in [5.41, 5.74) is 3.45. The van der Waals surface area contributed by atoms with E-state index in [0.29, 0.717) is 13.0 Å². The Hall–Kier alpha value is -1.81. The molecule has 0 aliphatic heterocycles. The second-order valence-electron chi connectivity index (χ2n) is 9.61. The zero-order valence-electron chi connectivity index (χ0n) is 21.8. The van der Waals surface area contributed by atoms with Crippen LogP contribution in [-0.4, -0.2) is 19.1 Å². The molecule has 1 amide bonds. The van der Waals surface area contributed by atoms with Crippen molar-refractivity contribution in [2.45, 2.75) is 102 Å². The molecule has 0 saturated heterocycles. The van der Waals surface area contributed by atoms with Gasteiger partial charge in [0.1, 0.15) is 5.75 Å². The monoisotopic (exact) mass is 543 g/mol. The average Bonchev–Trinajstić information content (AvgIpc) is 2.88. The number of hydrogen-bond acceptors (Lipinski definition) is 2. The summed E-state index contributed by atoms with van der Waals surface area (Å²) < 4.78 is 5.91. The molecule has 4 heteroatoms. The zero-order valence-corrected chi connectivity index (χ0v) is 23.4. The van der Waals surface area contributed by atoms with Crippen molar-refractivity contribution < 1.29 is 9.53 Å². The number of unbranched alkanes of at least 4 members (excludes halogenated alkanes) is 11. The molecule has 3 nitrogen and oxygen atoms in total. The molecule has 0 radical (unpaired) electrons. The van der Waals surface area contributed by atoms with Crippen LogP contribution in [0.25, 0.3) is 0 Å². The fourth-order valence-electron chi connectivity index (χ4n) is 4.30. The number of nitrogens with one attached hydrogen (secondary N) is 1. The lowest BCUT2D eigenvalue weighted by Crippen LogP contribution is -2.27. The van der Waals surface area contributed by atoms with Gasteiger partial charge in [-0.15, -0.1) is 0 Å². The Morgan fingerprint density at radius 1 is 0.771 bits per heavy atom. The van der Waals surface area contributed by atoms with Crippen molar-refractivity contribution in [1.29, 1.82) is 0 Å². The highest BCUT2D eigenvalue weighted by atomic mass is 79.9. The minimum absolute atomic E-state index is 0.0686. The van der Waals surface area contributed by atoms with Crippen LogP contribution in [0, 0.1) is 0 Å². The van der Waals surface area contributed by atoms with Crippen molar-refractivity contribution in [3.05, 3.63) is 65.2 Å². The molecule has 0 aromatic heterocycles. The Bertz CT molecular complexity index is 806. The molecule has 194 valence electrons. The Balaban J connectivity index is 1.46. The Morgan fingerprint density at radius 2 is 1.37 bits per heavy atom. The summed E-state index contributed by atoms with van der Waals surface area (Å²) in [6, 6.07) is 16.4. The molecule has 0 bridgehead atoms. The summed E-state index contributed by atoms with van der Waals surface area (Å²) in [6.45, 7) is 3.72. The van der Waals surface area contributed by atoms with Crippen LogP contribution in [-0.2, 0) is 23.0 Å². The van der Waals surface area contributed by atoms with Crippen molar-refractivity contribution in [3.8, 4) is 5.75 Å². The molecular weight excluding hydrogens is 498 g/mol. The highest BCUT2D eigenvalue weighted by Gasteiger charge is 2.04. The quantitative estimate of drug-likeness (QED) is 0.134. The van der Waals surface area contributed by atoms with Gasteiger partial charge in [0.15, 0.2) is 0 Å². The summed E-state index contributed by atoms with van der Waals surface area (Å²) >= 11 is 3.46. The molecule has 0 aliphatic rings. The SMILES string of the molecule is CCCCCCCCCCCCCCOc1ccc(CCNC(=O)Cc2cccc(CBr)c2)cc1. The van der Waals surface area contributed by atoms with Crippen LogP contribution in [0.1, 0.15) is 101 Å². The van der Waals surface area contributed by atoms with Crippen molar-refractivity contribution in [3.63, 3.8) is 0 Å². The van der Waals surface area contributed by atoms with Gasteiger partial charge in [-0.05, 0) is 41.7 Å². The molecule has 0 aliphatic carbocycles. The van der Waals surface area contributed by atoms with Crippen LogP contribution in [0.5, 0.6) is 5.75 Å². The highest BCUT2D eigenvalue weighted by molar-refractivity contribution is 9.08. The van der Waals surface area contributed by atoms with Crippen molar-refractivity contribution in [2.75, 3.05) is 13.2 Å². The third kappa shape index (κ3) is 14.4. The Kier molecular flexibility index (Phi) is 16.3. The van der Waals surface area contributed by atoms with Gasteiger partial charge in [-0.2, -0.15) is 0 Å². The van der Waals surface area contributed by atoms with Crippen LogP contribution >= 0.6 is 15.9 Å². The number of alkyl halides is 1. The number of benzene rings is 2. The predicted octanol–water partition coefficient (Wildman–Crippen LogP) is 8.56. The minimum Gasteiger partial charge on any atom is -0.494 e. The molecule has 0 fully saturated rings. The van der Waals surface area contributed by atoms with E-state index >= 15 is 0 Å². The first-order valence-electron chi connectivity index (χ1n) is 13.8. The molecule has 1 N–H and O–H groups in total. The second-order valence-corrected chi connectivity index (χ2v) is 10.2. The molecule has 2 aromatic rings. The fourth-order valence-corrected chi connectivity index (χ4v) is 4.65. The van der Waals surface area contributed by atoms with Crippen LogP contribution in [0.4, 0.5) is 0 Å². The van der Waals surface area contributed by atoms with E-state index in [1.54, 1.807) is 0 Å². The molecule has 2 rings (SSSR count). The Labute approximate surface area is 222 Å². The van der Waals surface area contributed by atoms with E-state index in [4.69, 9.17) is 4.74 Å². The van der Waals surface area contributed by atoms with Gasteiger partial charge in [0.2, 0.25) is 5.91 Å². The predicted molar refractivity (Wildman–Crippen MR) is 153 cm³/mol. The van der Waals surface area contributed by atoms with E-state index in [0.717, 1.165) is 36.1 Å². The molecule has 0 heterocycles. The first-order chi connectivity index (χ1) is 17.2. The zero-order chi connectivity index (χ0) is 25.0. The molecule has 0 atom stereocenters. The smallest absolute Gasteiger partial charge is 0.224 e. The third-order valence-corrected chi connectivity index (χ3v) is 7.08. The van der Waals surface area contributed by atoms with Gasteiger partial charge in [-0.25, -0.2) is 0 Å². The number of halogens is 1. The molecular formula is C31H46BrNO2. The van der Waals surface area contributed by atoms with Gasteiger partial charge >= 0.3 is 0 Å². The Morgan fingerprint density at radius 3 is 2.00 bits per heavy atom. The number of carbonyl (C=O) groups excluding carboxylic acids is 1. The number of hydrogen-bond donors (Lipinski definition) is 1. The molecule has 0 spiro atoms. The normalized spacial score (nSPS) is 10.9. The summed E-state index contributed by atoms with van der Waals surface area (Å²) in [5.74, 6) is 1.01. The topological polar surface area (TPSA) is 38.3 Å². The molecule has 0 saturated carbocycles. The van der Waals surface area contributed by atoms with Gasteiger partial charge < -0.3 is 10.1 Å². The van der Waals surface area contributed by atoms with Crippen LogP contribution in [0.2, 0.25) is 0 Å². The number of amides is 1. The van der Waals surface area contributed by atoms with Crippen molar-refractivity contribution in [2.24, 2.45) is 0 Å². The summed E-state index contributed by atoms with van der Waals surface area (Å²) in [5, 5.41) is 3.84. The van der Waals surface area contributed by atoms with E-state index in [9.17, 15) is 4.79 Å². The second kappa shape index (κ2) is 19.4. The highest BCUT2D eigenvalue weighted by Crippen LogP contribution is 2.15. The summed E-state index contributed by atoms with van der Waals surface area (Å²) in [7, 11) is 0. The van der Waals surface area contributed by atoms with E-state index in [1.807, 2.05) is 24.3 Å². The number of rotatable bonds is 20. The molecule has 0 unspecified atom stereocenters. The van der Waals surface area contributed by atoms with Crippen LogP contribution < -0.4 is 10.1 Å². The lowest BCUT2D eigenvalue weighted by atomic mass is 10.1. The van der Waals surface area contributed by atoms with Gasteiger partial charge in [0.25, 0.3) is 0 Å². The standard InChI is InChI=1S/C31H46BrNO2/c1-2-3-4-5-6-7-8-9-10-11-12-13-23-35-30-19-17-27(18-20-30)21-22-33-31(34)25-28-15-14-16-29(24-28)26-32/h14-20,24H,2-13,21-23,25-26H2,1H3,(H,33,34). The lowest BCUT2D eigenvalue weighted by Gasteiger charge is -2.09. The third-order valence-electron chi connectivity index (χ3n) is 6.44. The first kappa shape index (κ1) is 29.4. The lowest BCUT2D eigenvalue weighted by molar-refractivity contribution is -0.120. The molecule has 35 heavy (non-hydrogen) atoms. The van der Waals surface area contributed by atoms with Gasteiger partial charge in [0.05, 0.1) is 13.0 Å². The van der Waals surface area contributed by atoms with Crippen molar-refractivity contribution in [1.82, 2.24) is 5.32 Å². The van der Waals surface area contributed by atoms with E-state index < -0.39 is 0 Å². The molecule has 2 aromatic carbocycles. The number of carbonyl (C=O) groups is 1. The van der Waals surface area contributed by atoms with Gasteiger partial charge in [-0.1, -0.05) is 130 Å². The van der Waals surface area contributed by atoms with E-state index in [1.165, 1.54) is 81.8 Å². The van der Waals surface area contributed by atoms with Crippen LogP contribution in [0.15, 0.2) is 48.5 Å². The summed E-state index contributed by atoms with van der Waals surface area (Å²) in [4.78, 5) is 12.2. The maximum atomic E-state index is 12.2. The van der Waals surface area contributed by atoms with Crippen LogP contribution in [0.3, 0.4) is 0 Å². The maximum absolute atomic E-state index is 12.2. The first-order valence-corrected chi connectivity index (χ1v) is 15.0. The largest absolute Gasteiger partial charge is 0.494 e.